The molecular formula is C20H23N5O2. The minimum Gasteiger partial charge on any atom is -0.484 e. The summed E-state index contributed by atoms with van der Waals surface area (Å²) in [6, 6.07) is 11.3. The number of fused-ring (bicyclic) bond motifs is 2. The molecular weight excluding hydrogens is 342 g/mol. The molecule has 0 spiro atoms. The van der Waals surface area contributed by atoms with Crippen LogP contribution in [0.15, 0.2) is 42.6 Å². The van der Waals surface area contributed by atoms with Gasteiger partial charge in [0.1, 0.15) is 17.7 Å². The molecule has 0 fully saturated rings. The van der Waals surface area contributed by atoms with Gasteiger partial charge in [-0.3, -0.25) is 4.40 Å². The van der Waals surface area contributed by atoms with Gasteiger partial charge < -0.3 is 15.8 Å². The number of amides is 2. The first-order chi connectivity index (χ1) is 13.0. The van der Waals surface area contributed by atoms with Crippen molar-refractivity contribution in [2.45, 2.75) is 44.8 Å². The van der Waals surface area contributed by atoms with Crippen LogP contribution in [0.4, 0.5) is 4.79 Å². The largest absolute Gasteiger partial charge is 0.484 e. The number of nitrogens with one attached hydrogen (secondary N) is 1. The molecule has 2 heterocycles. The third-order valence-electron chi connectivity index (χ3n) is 4.95. The maximum Gasteiger partial charge on any atom is 0.312 e. The number of hydrogen-bond acceptors (Lipinski definition) is 4. The van der Waals surface area contributed by atoms with Crippen molar-refractivity contribution in [2.24, 2.45) is 5.73 Å². The Bertz CT molecular complexity index is 981. The number of urea groups is 1. The normalized spacial score (nSPS) is 19.1. The minimum atomic E-state index is -0.506. The first-order valence-corrected chi connectivity index (χ1v) is 9.19. The van der Waals surface area contributed by atoms with Crippen molar-refractivity contribution in [1.82, 2.24) is 19.9 Å². The number of carbonyl (C=O) groups excluding carboxylic acids is 1. The summed E-state index contributed by atoms with van der Waals surface area (Å²) < 4.78 is 8.31. The fourth-order valence-corrected chi connectivity index (χ4v) is 3.71. The highest BCUT2D eigenvalue weighted by Gasteiger charge is 2.29. The predicted molar refractivity (Wildman–Crippen MR) is 102 cm³/mol. The molecule has 2 amide bonds. The molecule has 0 aliphatic heterocycles. The summed E-state index contributed by atoms with van der Waals surface area (Å²) in [6.45, 7) is 4.18. The zero-order chi connectivity index (χ0) is 19.0. The van der Waals surface area contributed by atoms with Crippen molar-refractivity contribution in [3.05, 3.63) is 59.5 Å². The lowest BCUT2D eigenvalue weighted by molar-refractivity contribution is 0.171. The summed E-state index contributed by atoms with van der Waals surface area (Å²) in [7, 11) is 0. The minimum absolute atomic E-state index is 0.0774. The van der Waals surface area contributed by atoms with Gasteiger partial charge in [-0.05, 0) is 36.1 Å². The Labute approximate surface area is 157 Å². The monoisotopic (exact) mass is 365 g/mol. The molecule has 2 aromatic heterocycles. The van der Waals surface area contributed by atoms with Crippen molar-refractivity contribution >= 4 is 11.7 Å². The van der Waals surface area contributed by atoms with E-state index in [-0.39, 0.29) is 18.1 Å². The maximum absolute atomic E-state index is 11.3. The van der Waals surface area contributed by atoms with Gasteiger partial charge in [-0.2, -0.15) is 0 Å². The van der Waals surface area contributed by atoms with Gasteiger partial charge >= 0.3 is 6.03 Å². The van der Waals surface area contributed by atoms with Gasteiger partial charge in [-0.15, -0.1) is 10.2 Å². The molecule has 0 bridgehead atoms. The highest BCUT2D eigenvalue weighted by Crippen LogP contribution is 2.38. The second-order valence-corrected chi connectivity index (χ2v) is 7.18. The van der Waals surface area contributed by atoms with Crippen molar-refractivity contribution in [2.75, 3.05) is 0 Å². The molecule has 140 valence electrons. The molecule has 0 radical (unpaired) electrons. The first kappa shape index (κ1) is 17.3. The van der Waals surface area contributed by atoms with Crippen LogP contribution in [0.5, 0.6) is 5.75 Å². The van der Waals surface area contributed by atoms with E-state index in [1.54, 1.807) is 0 Å². The number of nitrogens with zero attached hydrogens (tertiary/aromatic N) is 3. The molecule has 1 aliphatic rings. The molecule has 3 N–H and O–H groups in total. The van der Waals surface area contributed by atoms with Crippen LogP contribution >= 0.6 is 0 Å². The van der Waals surface area contributed by atoms with Gasteiger partial charge in [0, 0.05) is 5.92 Å². The Morgan fingerprint density at radius 1 is 1.19 bits per heavy atom. The standard InChI is InChI=1S/C20H23N5O2/c1-12(2)19-24-23-18-10-7-13(11-25(18)19)27-17-9-8-16(22-20(21)26)14-5-3-4-6-15(14)17/h3-7,10-12,16-17H,8-9H2,1-2H3,(H3,21,22,26). The molecule has 27 heavy (non-hydrogen) atoms. The van der Waals surface area contributed by atoms with Crippen LogP contribution < -0.4 is 15.8 Å². The Balaban J connectivity index is 1.63. The van der Waals surface area contributed by atoms with Gasteiger partial charge in [0.25, 0.3) is 0 Å². The van der Waals surface area contributed by atoms with Crippen LogP contribution in [0, 0.1) is 0 Å². The number of pyridine rings is 1. The van der Waals surface area contributed by atoms with Crippen molar-refractivity contribution < 1.29 is 9.53 Å². The van der Waals surface area contributed by atoms with Crippen molar-refractivity contribution in [3.8, 4) is 5.75 Å². The van der Waals surface area contributed by atoms with E-state index in [0.29, 0.717) is 0 Å². The first-order valence-electron chi connectivity index (χ1n) is 9.19. The van der Waals surface area contributed by atoms with Crippen LogP contribution in [0.2, 0.25) is 0 Å². The molecule has 7 heteroatoms. The number of primary amides is 1. The zero-order valence-corrected chi connectivity index (χ0v) is 15.4. The highest BCUT2D eigenvalue weighted by atomic mass is 16.5. The van der Waals surface area contributed by atoms with E-state index < -0.39 is 6.03 Å². The second kappa shape index (κ2) is 6.90. The van der Waals surface area contributed by atoms with Crippen LogP contribution in [0.1, 0.15) is 61.7 Å². The molecule has 1 aromatic carbocycles. The number of nitrogens with two attached hydrogens (primary N) is 1. The number of aromatic nitrogens is 3. The molecule has 1 aliphatic carbocycles. The Morgan fingerprint density at radius 3 is 2.70 bits per heavy atom. The highest BCUT2D eigenvalue weighted by molar-refractivity contribution is 5.72. The van der Waals surface area contributed by atoms with Crippen LogP contribution in [-0.4, -0.2) is 20.6 Å². The average molecular weight is 365 g/mol. The SMILES string of the molecule is CC(C)c1nnc2ccc(OC3CCC(NC(N)=O)c4ccccc43)cn12. The Kier molecular flexibility index (Phi) is 4.43. The van der Waals surface area contributed by atoms with E-state index in [4.69, 9.17) is 10.5 Å². The van der Waals surface area contributed by atoms with E-state index in [1.165, 1.54) is 0 Å². The fourth-order valence-electron chi connectivity index (χ4n) is 3.71. The Morgan fingerprint density at radius 2 is 1.96 bits per heavy atom. The van der Waals surface area contributed by atoms with Gasteiger partial charge in [0.2, 0.25) is 0 Å². The molecule has 7 nitrogen and oxygen atoms in total. The summed E-state index contributed by atoms with van der Waals surface area (Å²) in [6.07, 6.45) is 3.43. The maximum atomic E-state index is 11.3. The number of benzene rings is 1. The molecule has 4 rings (SSSR count). The van der Waals surface area contributed by atoms with E-state index in [2.05, 4.69) is 29.4 Å². The van der Waals surface area contributed by atoms with E-state index in [0.717, 1.165) is 41.2 Å². The lowest BCUT2D eigenvalue weighted by Gasteiger charge is -2.32. The number of hydrogen-bond donors (Lipinski definition) is 2. The summed E-state index contributed by atoms with van der Waals surface area (Å²) >= 11 is 0. The van der Waals surface area contributed by atoms with Gasteiger partial charge in [-0.25, -0.2) is 4.79 Å². The third kappa shape index (κ3) is 3.32. The lowest BCUT2D eigenvalue weighted by Crippen LogP contribution is -2.36. The molecule has 0 saturated heterocycles. The number of ether oxygens (including phenoxy) is 1. The smallest absolute Gasteiger partial charge is 0.312 e. The molecule has 2 unspecified atom stereocenters. The summed E-state index contributed by atoms with van der Waals surface area (Å²) in [5.74, 6) is 1.95. The number of rotatable bonds is 4. The van der Waals surface area contributed by atoms with E-state index in [1.807, 2.05) is 47.0 Å². The topological polar surface area (TPSA) is 94.5 Å². The predicted octanol–water partition coefficient (Wildman–Crippen LogP) is 3.48. The van der Waals surface area contributed by atoms with E-state index in [9.17, 15) is 4.79 Å². The Hall–Kier alpha value is -3.09. The van der Waals surface area contributed by atoms with Gasteiger partial charge in [0.05, 0.1) is 12.2 Å². The summed E-state index contributed by atoms with van der Waals surface area (Å²) in [5, 5.41) is 11.3. The number of carbonyl (C=O) groups is 1. The average Bonchev–Trinajstić information content (AvgIpc) is 3.07. The summed E-state index contributed by atoms with van der Waals surface area (Å²) in [4.78, 5) is 11.3. The fraction of sp³-hybridized carbons (Fsp3) is 0.350. The van der Waals surface area contributed by atoms with Gasteiger partial charge in [-0.1, -0.05) is 38.1 Å². The van der Waals surface area contributed by atoms with Crippen LogP contribution in [0.3, 0.4) is 0 Å². The van der Waals surface area contributed by atoms with Crippen LogP contribution in [0.25, 0.3) is 5.65 Å². The molecule has 0 saturated carbocycles. The van der Waals surface area contributed by atoms with Crippen molar-refractivity contribution in [1.29, 1.82) is 0 Å². The van der Waals surface area contributed by atoms with Gasteiger partial charge in [0.15, 0.2) is 5.65 Å². The zero-order valence-electron chi connectivity index (χ0n) is 15.4. The van der Waals surface area contributed by atoms with Crippen LogP contribution in [-0.2, 0) is 0 Å². The van der Waals surface area contributed by atoms with E-state index >= 15 is 0 Å². The third-order valence-corrected chi connectivity index (χ3v) is 4.95. The lowest BCUT2D eigenvalue weighted by atomic mass is 9.85. The second-order valence-electron chi connectivity index (χ2n) is 7.18. The molecule has 2 atom stereocenters. The quantitative estimate of drug-likeness (QED) is 0.740. The van der Waals surface area contributed by atoms with Crippen molar-refractivity contribution in [3.63, 3.8) is 0 Å². The molecule has 3 aromatic rings. The summed E-state index contributed by atoms with van der Waals surface area (Å²) in [5.41, 5.74) is 8.27.